The summed E-state index contributed by atoms with van der Waals surface area (Å²) in [5.74, 6) is 0. The van der Waals surface area contributed by atoms with Gasteiger partial charge in [0.05, 0.1) is 18.8 Å². The van der Waals surface area contributed by atoms with Gasteiger partial charge in [0.15, 0.2) is 6.29 Å². The second kappa shape index (κ2) is 3.49. The topological polar surface area (TPSA) is 64.7 Å². The van der Waals surface area contributed by atoms with E-state index in [2.05, 4.69) is 0 Å². The van der Waals surface area contributed by atoms with Crippen molar-refractivity contribution >= 4 is 0 Å². The van der Waals surface area contributed by atoms with E-state index in [1.165, 1.54) is 0 Å². The Kier molecular flexibility index (Phi) is 2.84. The number of aliphatic hydroxyl groups is 1. The van der Waals surface area contributed by atoms with Crippen molar-refractivity contribution in [2.45, 2.75) is 25.2 Å². The van der Waals surface area contributed by atoms with E-state index in [4.69, 9.17) is 15.2 Å². The summed E-state index contributed by atoms with van der Waals surface area (Å²) >= 11 is 0. The molecule has 1 aliphatic rings. The van der Waals surface area contributed by atoms with Crippen molar-refractivity contribution in [2.24, 2.45) is 5.73 Å². The lowest BCUT2D eigenvalue weighted by Gasteiger charge is -2.38. The third-order valence-corrected chi connectivity index (χ3v) is 1.72. The van der Waals surface area contributed by atoms with Crippen molar-refractivity contribution in [3.05, 3.63) is 0 Å². The second-order valence-electron chi connectivity index (χ2n) is 2.97. The van der Waals surface area contributed by atoms with E-state index in [0.29, 0.717) is 26.2 Å². The molecule has 0 spiro atoms. The number of aliphatic hydroxyl groups excluding tert-OH is 1. The monoisotopic (exact) mass is 161 g/mol. The van der Waals surface area contributed by atoms with Gasteiger partial charge >= 0.3 is 0 Å². The molecular formula is C7H15NO3. The molecule has 11 heavy (non-hydrogen) atoms. The first kappa shape index (κ1) is 8.93. The normalized spacial score (nSPS) is 24.3. The van der Waals surface area contributed by atoms with Gasteiger partial charge in [-0.05, 0) is 6.92 Å². The Morgan fingerprint density at radius 2 is 2.36 bits per heavy atom. The molecule has 3 N–H and O–H groups in total. The van der Waals surface area contributed by atoms with Crippen molar-refractivity contribution in [3.63, 3.8) is 0 Å². The van der Waals surface area contributed by atoms with Gasteiger partial charge in [-0.15, -0.1) is 0 Å². The van der Waals surface area contributed by atoms with E-state index in [-0.39, 0.29) is 5.54 Å². The van der Waals surface area contributed by atoms with Crippen molar-refractivity contribution in [2.75, 3.05) is 19.8 Å². The fraction of sp³-hybridized carbons (Fsp3) is 1.00. The molecule has 1 aliphatic heterocycles. The van der Waals surface area contributed by atoms with Gasteiger partial charge in [-0.2, -0.15) is 0 Å². The highest BCUT2D eigenvalue weighted by molar-refractivity contribution is 4.91. The highest BCUT2D eigenvalue weighted by atomic mass is 16.6. The summed E-state index contributed by atoms with van der Waals surface area (Å²) in [6.07, 6.45) is -0.283. The first-order valence-electron chi connectivity index (χ1n) is 3.82. The van der Waals surface area contributed by atoms with Crippen LogP contribution in [0.25, 0.3) is 0 Å². The third-order valence-electron chi connectivity index (χ3n) is 1.72. The average Bonchev–Trinajstić information content (AvgIpc) is 1.85. The Morgan fingerprint density at radius 3 is 2.73 bits per heavy atom. The molecule has 0 amide bonds. The predicted octanol–water partition coefficient (Wildman–Crippen LogP) is -0.541. The molecule has 1 atom stereocenters. The van der Waals surface area contributed by atoms with E-state index in [0.717, 1.165) is 0 Å². The molecule has 4 heteroatoms. The van der Waals surface area contributed by atoms with E-state index < -0.39 is 6.29 Å². The predicted molar refractivity (Wildman–Crippen MR) is 40.0 cm³/mol. The van der Waals surface area contributed by atoms with Gasteiger partial charge in [0, 0.05) is 13.0 Å². The maximum atomic E-state index is 9.19. The van der Waals surface area contributed by atoms with Crippen LogP contribution in [0, 0.1) is 0 Å². The maximum Gasteiger partial charge on any atom is 0.156 e. The number of rotatable bonds is 4. The van der Waals surface area contributed by atoms with Crippen LogP contribution in [-0.2, 0) is 9.47 Å². The summed E-state index contributed by atoms with van der Waals surface area (Å²) in [5, 5.41) is 9.19. The Bertz CT molecular complexity index is 125. The Hall–Kier alpha value is -0.160. The molecule has 1 rings (SSSR count). The lowest BCUT2D eigenvalue weighted by Crippen LogP contribution is -2.59. The Labute approximate surface area is 66.3 Å². The largest absolute Gasteiger partial charge is 0.377 e. The highest BCUT2D eigenvalue weighted by Gasteiger charge is 2.36. The zero-order chi connectivity index (χ0) is 8.32. The quantitative estimate of drug-likeness (QED) is 0.543. The van der Waals surface area contributed by atoms with Crippen LogP contribution in [-0.4, -0.2) is 36.8 Å². The summed E-state index contributed by atoms with van der Waals surface area (Å²) in [6.45, 7) is 3.40. The molecule has 1 fully saturated rings. The van der Waals surface area contributed by atoms with Gasteiger partial charge in [-0.3, -0.25) is 0 Å². The van der Waals surface area contributed by atoms with Gasteiger partial charge in [-0.25, -0.2) is 0 Å². The molecule has 0 aromatic carbocycles. The third kappa shape index (κ3) is 2.41. The molecule has 66 valence electrons. The summed E-state index contributed by atoms with van der Waals surface area (Å²) in [5.41, 5.74) is 5.42. The fourth-order valence-electron chi connectivity index (χ4n) is 1.08. The van der Waals surface area contributed by atoms with Gasteiger partial charge < -0.3 is 20.3 Å². The first-order chi connectivity index (χ1) is 5.16. The zero-order valence-electron chi connectivity index (χ0n) is 6.75. The lowest BCUT2D eigenvalue weighted by molar-refractivity contribution is -0.146. The summed E-state index contributed by atoms with van der Waals surface area (Å²) < 4.78 is 9.86. The Morgan fingerprint density at radius 1 is 1.73 bits per heavy atom. The van der Waals surface area contributed by atoms with E-state index >= 15 is 0 Å². The van der Waals surface area contributed by atoms with E-state index in [1.807, 2.05) is 6.92 Å². The minimum Gasteiger partial charge on any atom is -0.377 e. The van der Waals surface area contributed by atoms with Gasteiger partial charge in [0.25, 0.3) is 0 Å². The van der Waals surface area contributed by atoms with Gasteiger partial charge in [-0.1, -0.05) is 0 Å². The van der Waals surface area contributed by atoms with E-state index in [9.17, 15) is 5.11 Å². The average molecular weight is 161 g/mol. The molecule has 0 aromatic rings. The zero-order valence-corrected chi connectivity index (χ0v) is 6.75. The van der Waals surface area contributed by atoms with Crippen molar-refractivity contribution in [3.8, 4) is 0 Å². The molecule has 4 nitrogen and oxygen atoms in total. The molecule has 1 saturated heterocycles. The summed E-state index contributed by atoms with van der Waals surface area (Å²) in [6, 6.07) is 0. The minimum atomic E-state index is -0.742. The molecule has 0 aliphatic carbocycles. The standard InChI is InChI=1S/C7H15NO3/c1-2-11-6(9)3-7(8)4-10-5-7/h6,9H,2-5,8H2,1H3. The van der Waals surface area contributed by atoms with Crippen molar-refractivity contribution < 1.29 is 14.6 Å². The molecule has 0 saturated carbocycles. The van der Waals surface area contributed by atoms with Crippen LogP contribution < -0.4 is 5.73 Å². The van der Waals surface area contributed by atoms with Crippen LogP contribution in [0.5, 0.6) is 0 Å². The highest BCUT2D eigenvalue weighted by Crippen LogP contribution is 2.19. The molecule has 0 bridgehead atoms. The van der Waals surface area contributed by atoms with Crippen LogP contribution in [0.4, 0.5) is 0 Å². The summed E-state index contributed by atoms with van der Waals surface area (Å²) in [4.78, 5) is 0. The van der Waals surface area contributed by atoms with Gasteiger partial charge in [0.1, 0.15) is 0 Å². The fourth-order valence-corrected chi connectivity index (χ4v) is 1.08. The Balaban J connectivity index is 2.18. The molecule has 1 unspecified atom stereocenters. The summed E-state index contributed by atoms with van der Waals surface area (Å²) in [7, 11) is 0. The van der Waals surface area contributed by atoms with Crippen LogP contribution in [0.3, 0.4) is 0 Å². The van der Waals surface area contributed by atoms with Crippen LogP contribution in [0.1, 0.15) is 13.3 Å². The first-order valence-corrected chi connectivity index (χ1v) is 3.82. The van der Waals surface area contributed by atoms with Crippen LogP contribution in [0.15, 0.2) is 0 Å². The maximum absolute atomic E-state index is 9.19. The van der Waals surface area contributed by atoms with Crippen molar-refractivity contribution in [1.82, 2.24) is 0 Å². The molecule has 1 heterocycles. The van der Waals surface area contributed by atoms with Gasteiger partial charge in [0.2, 0.25) is 0 Å². The van der Waals surface area contributed by atoms with E-state index in [1.54, 1.807) is 0 Å². The van der Waals surface area contributed by atoms with Crippen molar-refractivity contribution in [1.29, 1.82) is 0 Å². The van der Waals surface area contributed by atoms with Crippen LogP contribution >= 0.6 is 0 Å². The number of ether oxygens (including phenoxy) is 2. The number of hydrogen-bond acceptors (Lipinski definition) is 4. The second-order valence-corrected chi connectivity index (χ2v) is 2.97. The van der Waals surface area contributed by atoms with Crippen LogP contribution in [0.2, 0.25) is 0 Å². The molecular weight excluding hydrogens is 146 g/mol. The molecule has 0 radical (unpaired) electrons. The smallest absolute Gasteiger partial charge is 0.156 e. The number of nitrogens with two attached hydrogens (primary N) is 1. The molecule has 0 aromatic heterocycles. The number of hydrogen-bond donors (Lipinski definition) is 2. The lowest BCUT2D eigenvalue weighted by atomic mass is 9.94. The minimum absolute atomic E-state index is 0.353. The SMILES string of the molecule is CCOC(O)CC1(N)COC1.